The molecule has 11 heteroatoms. The number of para-hydroxylation sites is 6. The fourth-order valence-corrected chi connectivity index (χ4v) is 13.4. The third-order valence-electron chi connectivity index (χ3n) is 17.9. The minimum absolute atomic E-state index is 0. The van der Waals surface area contributed by atoms with Crippen molar-refractivity contribution in [2.24, 2.45) is 0 Å². The number of aliphatic hydroxyl groups is 1. The predicted octanol–water partition coefficient (Wildman–Crippen LogP) is 25.2. The van der Waals surface area contributed by atoms with Crippen LogP contribution in [0.3, 0.4) is 0 Å². The molecule has 2 atom stereocenters. The van der Waals surface area contributed by atoms with Crippen LogP contribution in [0.1, 0.15) is 25.0 Å². The van der Waals surface area contributed by atoms with Gasteiger partial charge in [-0.15, -0.1) is 45.1 Å². The van der Waals surface area contributed by atoms with Crippen molar-refractivity contribution in [1.29, 1.82) is 2.56 Å². The van der Waals surface area contributed by atoms with Gasteiger partial charge in [-0.2, -0.15) is 9.79 Å². The second kappa shape index (κ2) is 36.3. The summed E-state index contributed by atoms with van der Waals surface area (Å²) in [4.78, 5) is 19.1. The summed E-state index contributed by atoms with van der Waals surface area (Å²) in [5.74, 6) is -0.0625. The minimum atomic E-state index is -0.417. The fourth-order valence-electron chi connectivity index (χ4n) is 13.4. The van der Waals surface area contributed by atoms with E-state index in [4.69, 9.17) is 15.5 Å². The maximum absolute atomic E-state index is 10.0. The molecule has 521 valence electrons. The molecule has 3 radical (unpaired) electrons. The van der Waals surface area contributed by atoms with Gasteiger partial charge in [-0.1, -0.05) is 212 Å². The maximum Gasteiger partial charge on any atom is 0.155 e. The average Bonchev–Trinajstić information content (AvgIpc) is 1.60. The van der Waals surface area contributed by atoms with E-state index in [1.54, 1.807) is 0 Å². The van der Waals surface area contributed by atoms with E-state index in [2.05, 4.69) is 369 Å². The standard InChI is InChI=1S/C38H32N2.C36H24N2.C15H10N.C5H8O2.CH4BP.Ir.H3P/c1-29-11-9-17-37(27-29)39(33-13-5-3-6-14-33)35-23-19-31(20-24-35)32-21-25-36(26-22-32)40(34-15-7-4-8-16-34)38-18-10-12-30(2)28-38;1-5-13-33-29(9-1)30-10-2-6-14-34(30)37(33)27-21-17-25(18-22-27)26-19-23-28(24-20-26)38-35-15-7-3-11-31(35)32-12-4-8-16-36(32)38;1-2-7-13(8-3-1)15-14-9-5-4-6-12(14)10-11-16-15;1-4(6)3-5(2)7;2-1-3;;/h3-28H,1-2H3;1-24H;1-7,9-11H;3,6H,1-2H3;1,3H2;;1H3/q;;-1;;;;/i;;;;;;1TD. The Balaban J connectivity index is 0.000000157. The van der Waals surface area contributed by atoms with Crippen molar-refractivity contribution in [1.82, 2.24) is 14.1 Å². The van der Waals surface area contributed by atoms with Crippen molar-refractivity contribution in [3.63, 3.8) is 0 Å². The van der Waals surface area contributed by atoms with E-state index in [9.17, 15) is 4.79 Å². The number of nitrogens with zero attached hydrogens (tertiary/aromatic N) is 5. The molecule has 3 heterocycles. The topological polar surface area (TPSA) is 66.5 Å². The SMILES string of the molecule is CC(=O)C=C(C)O.Cc1cccc(N(c2ccccc2)c2ccc(-c3ccc(N(c4ccccc4)c4cccc(C)c4)cc3)cc2)c1.[2H]P[3H].[B]CP.[Ir].[c-]1ccccc1-c1nccc2ccccc12.c1ccc2c(c1)c1ccccc1n2-c1ccc(-c2ccc(-n3c4ccccc4c4ccccc43)cc2)cc1. The van der Waals surface area contributed by atoms with Crippen LogP contribution in [0, 0.1) is 19.9 Å². The molecule has 17 rings (SSSR count). The number of carbonyl (C=O) groups is 1. The zero-order valence-electron chi connectivity index (χ0n) is 61.5. The van der Waals surface area contributed by atoms with Gasteiger partial charge < -0.3 is 29.0 Å². The number of rotatable bonds is 12. The number of hydrogen-bond donors (Lipinski definition) is 1. The van der Waals surface area contributed by atoms with E-state index >= 15 is 0 Å². The molecular formula is C95H81BIrN5O2P2-. The van der Waals surface area contributed by atoms with Gasteiger partial charge in [0.1, 0.15) is 0 Å². The van der Waals surface area contributed by atoms with Crippen LogP contribution < -0.4 is 9.80 Å². The van der Waals surface area contributed by atoms with Crippen molar-refractivity contribution < 1.29 is 30.0 Å². The second-order valence-electron chi connectivity index (χ2n) is 25.2. The van der Waals surface area contributed by atoms with Gasteiger partial charge in [0.2, 0.25) is 0 Å². The van der Waals surface area contributed by atoms with E-state index in [0.717, 1.165) is 45.4 Å². The summed E-state index contributed by atoms with van der Waals surface area (Å²) in [6.45, 7) is 7.12. The Kier molecular flexibility index (Phi) is 24.9. The van der Waals surface area contributed by atoms with E-state index in [-0.39, 0.29) is 31.6 Å². The molecule has 0 aliphatic heterocycles. The Morgan fingerprint density at radius 2 is 0.792 bits per heavy atom. The summed E-state index contributed by atoms with van der Waals surface area (Å²) in [6.07, 6.45) is 3.01. The Bertz CT molecular complexity index is 5390. The monoisotopic (exact) mass is 1590 g/mol. The summed E-state index contributed by atoms with van der Waals surface area (Å²) in [7, 11) is 6.75. The Labute approximate surface area is 645 Å². The molecule has 0 aliphatic carbocycles. The molecule has 0 saturated carbocycles. The number of fused-ring (bicyclic) bond motifs is 7. The van der Waals surface area contributed by atoms with Gasteiger partial charge in [0.05, 0.1) is 38.2 Å². The van der Waals surface area contributed by atoms with Crippen molar-refractivity contribution in [3.05, 3.63) is 393 Å². The first-order valence-corrected chi connectivity index (χ1v) is 35.6. The number of benzene rings is 14. The second-order valence-corrected chi connectivity index (χ2v) is 25.7. The molecule has 0 bridgehead atoms. The number of allylic oxidation sites excluding steroid dienone is 2. The number of ketones is 1. The van der Waals surface area contributed by atoms with Gasteiger partial charge in [-0.05, 0) is 205 Å². The van der Waals surface area contributed by atoms with Crippen molar-refractivity contribution in [3.8, 4) is 44.9 Å². The molecule has 0 aliphatic rings. The van der Waals surface area contributed by atoms with Crippen molar-refractivity contribution >= 4 is 121 Å². The number of hydrogen-bond acceptors (Lipinski definition) is 5. The quantitative estimate of drug-likeness (QED) is 0.0434. The van der Waals surface area contributed by atoms with Crippen LogP contribution in [0.5, 0.6) is 0 Å². The molecule has 3 aromatic heterocycles. The summed E-state index contributed by atoms with van der Waals surface area (Å²) >= 11 is 0. The number of carbonyl (C=O) groups excluding carboxylic acids is 1. The Morgan fingerprint density at radius 1 is 0.462 bits per heavy atom. The largest absolute Gasteiger partial charge is 0.512 e. The molecule has 0 amide bonds. The summed E-state index contributed by atoms with van der Waals surface area (Å²) in [5, 5.41) is 15.9. The van der Waals surface area contributed by atoms with E-state index in [1.807, 2.05) is 48.7 Å². The van der Waals surface area contributed by atoms with Crippen LogP contribution in [-0.2, 0) is 24.9 Å². The first kappa shape index (κ1) is 72.8. The molecular weight excluding hydrogens is 1510 g/mol. The molecule has 0 fully saturated rings. The summed E-state index contributed by atoms with van der Waals surface area (Å²) < 4.78 is 16.5. The predicted molar refractivity (Wildman–Crippen MR) is 456 cm³/mol. The average molecular weight is 1590 g/mol. The molecule has 2 unspecified atom stereocenters. The molecule has 1 N–H and O–H groups in total. The van der Waals surface area contributed by atoms with Crippen LogP contribution in [0.2, 0.25) is 0 Å². The molecule has 0 spiro atoms. The zero-order valence-corrected chi connectivity index (χ0v) is 64.1. The normalized spacial score (nSPS) is 11.0. The van der Waals surface area contributed by atoms with Gasteiger partial charge >= 0.3 is 0 Å². The third kappa shape index (κ3) is 17.6. The first-order chi connectivity index (χ1) is 52.4. The molecule has 106 heavy (non-hydrogen) atoms. The summed E-state index contributed by atoms with van der Waals surface area (Å²) in [6, 6.07) is 131. The van der Waals surface area contributed by atoms with Crippen LogP contribution in [-0.4, -0.2) is 41.5 Å². The smallest absolute Gasteiger partial charge is 0.155 e. The molecule has 7 nitrogen and oxygen atoms in total. The number of pyridine rings is 1. The first-order valence-electron chi connectivity index (χ1n) is 35.8. The van der Waals surface area contributed by atoms with Crippen molar-refractivity contribution in [2.45, 2.75) is 27.7 Å². The number of anilines is 6. The number of aryl methyl sites for hydroxylation is 2. The third-order valence-corrected chi connectivity index (χ3v) is 17.9. The number of aromatic nitrogens is 3. The Hall–Kier alpha value is -11.5. The van der Waals surface area contributed by atoms with Gasteiger partial charge in [0.25, 0.3) is 0 Å². The fraction of sp³-hybridized carbons (Fsp3) is 0.0526. The van der Waals surface area contributed by atoms with Crippen LogP contribution in [0.25, 0.3) is 99.3 Å². The van der Waals surface area contributed by atoms with Gasteiger partial charge in [-0.3, -0.25) is 4.79 Å². The van der Waals surface area contributed by atoms with E-state index in [1.165, 1.54) is 119 Å². The molecule has 0 saturated heterocycles. The van der Waals surface area contributed by atoms with E-state index < -0.39 is 9.79 Å². The Morgan fingerprint density at radius 3 is 1.14 bits per heavy atom. The van der Waals surface area contributed by atoms with Crippen LogP contribution >= 0.6 is 19.0 Å². The van der Waals surface area contributed by atoms with Gasteiger partial charge in [-0.25, -0.2) is 0 Å². The van der Waals surface area contributed by atoms with Crippen LogP contribution in [0.4, 0.5) is 34.1 Å². The summed E-state index contributed by atoms with van der Waals surface area (Å²) in [5.41, 5.74) is 23.5. The maximum atomic E-state index is 10.0. The molecule has 17 aromatic rings. The van der Waals surface area contributed by atoms with Gasteiger partial charge in [0.15, 0.2) is 5.78 Å². The zero-order chi connectivity index (χ0) is 74.4. The van der Waals surface area contributed by atoms with E-state index in [0.29, 0.717) is 6.06 Å². The van der Waals surface area contributed by atoms with Crippen LogP contribution in [0.15, 0.2) is 376 Å². The van der Waals surface area contributed by atoms with Gasteiger partial charge in [0, 0.05) is 99.4 Å². The van der Waals surface area contributed by atoms with Crippen molar-refractivity contribution in [2.75, 3.05) is 15.9 Å². The minimum Gasteiger partial charge on any atom is -0.512 e. The number of aliphatic hydroxyl groups excluding tert-OH is 1. The molecule has 14 aromatic carbocycles.